The quantitative estimate of drug-likeness (QED) is 0.225. The van der Waals surface area contributed by atoms with E-state index < -0.39 is 12.7 Å². The summed E-state index contributed by atoms with van der Waals surface area (Å²) in [5.74, 6) is 1.51. The van der Waals surface area contributed by atoms with E-state index in [1.54, 1.807) is 24.3 Å². The lowest BCUT2D eigenvalue weighted by molar-refractivity contribution is -0.150. The number of hydrogen-bond donors (Lipinski definition) is 1. The molecule has 9 heteroatoms. The summed E-state index contributed by atoms with van der Waals surface area (Å²) in [6.45, 7) is 12.3. The molecule has 1 amide bonds. The molecule has 0 spiro atoms. The van der Waals surface area contributed by atoms with E-state index >= 15 is 0 Å². The topological polar surface area (TPSA) is 67.9 Å². The number of likely N-dealkylation sites (tertiary alicyclic amines) is 1. The second kappa shape index (κ2) is 17.2. The van der Waals surface area contributed by atoms with Crippen molar-refractivity contribution in [1.82, 2.24) is 4.90 Å². The number of nitrogens with one attached hydrogen (secondary N) is 1. The molecule has 1 fully saturated rings. The van der Waals surface area contributed by atoms with Gasteiger partial charge in [-0.2, -0.15) is 13.2 Å². The van der Waals surface area contributed by atoms with Crippen molar-refractivity contribution < 1.29 is 32.2 Å². The third kappa shape index (κ3) is 12.8. The lowest BCUT2D eigenvalue weighted by Gasteiger charge is -2.32. The Bertz CT molecular complexity index is 1480. The second-order valence-electron chi connectivity index (χ2n) is 14.3. The maximum Gasteiger partial charge on any atom is 0.401 e. The third-order valence-corrected chi connectivity index (χ3v) is 8.84. The van der Waals surface area contributed by atoms with Gasteiger partial charge in [-0.15, -0.1) is 0 Å². The van der Waals surface area contributed by atoms with Crippen molar-refractivity contribution in [1.29, 1.82) is 0 Å². The molecule has 1 aromatic carbocycles. The van der Waals surface area contributed by atoms with Crippen LogP contribution in [0, 0.1) is 5.41 Å². The number of amides is 1. The first-order chi connectivity index (χ1) is 23.1. The number of carbonyl (C=O) groups excluding carboxylic acids is 2. The molecular weight excluding hydrogens is 629 g/mol. The molecule has 0 aromatic heterocycles. The van der Waals surface area contributed by atoms with E-state index in [1.807, 2.05) is 24.3 Å². The fraction of sp³-hybridized carbons (Fsp3) is 0.500. The highest BCUT2D eigenvalue weighted by Crippen LogP contribution is 2.32. The predicted molar refractivity (Wildman–Crippen MR) is 189 cm³/mol. The van der Waals surface area contributed by atoms with Crippen LogP contribution in [0.1, 0.15) is 84.6 Å². The van der Waals surface area contributed by atoms with E-state index in [1.165, 1.54) is 10.5 Å². The number of piperidine rings is 1. The zero-order chi connectivity index (χ0) is 35.6. The lowest BCUT2D eigenvalue weighted by atomic mass is 9.91. The number of allylic oxidation sites excluding steroid dienone is 7. The summed E-state index contributed by atoms with van der Waals surface area (Å²) >= 11 is 0. The molecule has 0 saturated carbocycles. The molecule has 1 atom stereocenters. The van der Waals surface area contributed by atoms with Gasteiger partial charge in [-0.3, -0.25) is 14.5 Å². The zero-order valence-corrected chi connectivity index (χ0v) is 29.3. The van der Waals surface area contributed by atoms with Crippen LogP contribution in [0.5, 0.6) is 0 Å². The number of rotatable bonds is 13. The van der Waals surface area contributed by atoms with Gasteiger partial charge in [0, 0.05) is 49.0 Å². The minimum absolute atomic E-state index is 0.0511. The van der Waals surface area contributed by atoms with Crippen molar-refractivity contribution in [3.05, 3.63) is 101 Å². The fourth-order valence-electron chi connectivity index (χ4n) is 6.00. The molecule has 1 aromatic rings. The normalized spacial score (nSPS) is 19.5. The van der Waals surface area contributed by atoms with Crippen LogP contribution in [0.3, 0.4) is 0 Å². The molecule has 1 unspecified atom stereocenters. The molecule has 3 aliphatic rings. The van der Waals surface area contributed by atoms with Gasteiger partial charge in [0.1, 0.15) is 23.4 Å². The lowest BCUT2D eigenvalue weighted by Crippen LogP contribution is -2.41. The number of alkyl halides is 3. The molecule has 1 N–H and O–H groups in total. The molecule has 1 aliphatic carbocycles. The average molecular weight is 681 g/mol. The first-order valence-corrected chi connectivity index (χ1v) is 17.4. The van der Waals surface area contributed by atoms with Gasteiger partial charge in [0.25, 0.3) is 5.91 Å². The second-order valence-corrected chi connectivity index (χ2v) is 14.3. The SMILES string of the molecule is C=C1C=CC(OC2CCN(CC(F)(F)F)CC2)=CC=C1C(=O)Nc1ccc(CCCC(=O)CCCC2=CCC(C)OC(C(C)(C)C)=C2)cc1. The Balaban J connectivity index is 1.18. The summed E-state index contributed by atoms with van der Waals surface area (Å²) in [7, 11) is 0. The molecule has 2 aliphatic heterocycles. The van der Waals surface area contributed by atoms with Gasteiger partial charge >= 0.3 is 6.18 Å². The maximum atomic E-state index is 13.1. The van der Waals surface area contributed by atoms with Gasteiger partial charge in [-0.1, -0.05) is 51.6 Å². The molecule has 4 rings (SSSR count). The van der Waals surface area contributed by atoms with Gasteiger partial charge in [0.05, 0.1) is 12.6 Å². The van der Waals surface area contributed by atoms with Crippen molar-refractivity contribution >= 4 is 17.4 Å². The molecule has 6 nitrogen and oxygen atoms in total. The summed E-state index contributed by atoms with van der Waals surface area (Å²) in [6.07, 6.45) is 13.2. The van der Waals surface area contributed by atoms with Gasteiger partial charge in [0.2, 0.25) is 0 Å². The number of carbonyl (C=O) groups is 2. The fourth-order valence-corrected chi connectivity index (χ4v) is 6.00. The number of Topliss-reactive ketones (excluding diaryl/α,β-unsaturated/α-hetero) is 1. The van der Waals surface area contributed by atoms with Gasteiger partial charge in [-0.25, -0.2) is 0 Å². The first-order valence-electron chi connectivity index (χ1n) is 17.4. The van der Waals surface area contributed by atoms with Crippen LogP contribution < -0.4 is 5.32 Å². The van der Waals surface area contributed by atoms with Crippen LogP contribution in [-0.2, 0) is 25.5 Å². The first kappa shape index (κ1) is 38.0. The summed E-state index contributed by atoms with van der Waals surface area (Å²) in [5.41, 5.74) is 3.85. The highest BCUT2D eigenvalue weighted by molar-refractivity contribution is 6.07. The number of nitrogens with zero attached hydrogens (tertiary/aromatic N) is 1. The summed E-state index contributed by atoms with van der Waals surface area (Å²) in [4.78, 5) is 27.1. The number of benzene rings is 1. The summed E-state index contributed by atoms with van der Waals surface area (Å²) in [5, 5.41) is 2.92. The Morgan fingerprint density at radius 1 is 1.00 bits per heavy atom. The third-order valence-electron chi connectivity index (χ3n) is 8.84. The Labute approximate surface area is 289 Å². The Kier molecular flexibility index (Phi) is 13.3. The standard InChI is InChI=1S/C40H51F3N2O4/c1-28-12-19-34(49-35-22-24-45(25-23-35)27-40(41,42)43)20-21-36(28)38(47)44-32-17-15-30(16-18-32)8-6-10-33(46)11-7-9-31-14-13-29(2)48-37(26-31)39(3,4)5/h12,14-21,26,29,35H,1,6-11,13,22-25,27H2,2-5H3,(H,44,47). The smallest absolute Gasteiger partial charge is 0.401 e. The molecule has 0 radical (unpaired) electrons. The van der Waals surface area contributed by atoms with Crippen molar-refractivity contribution in [3.8, 4) is 0 Å². The monoisotopic (exact) mass is 680 g/mol. The van der Waals surface area contributed by atoms with E-state index in [4.69, 9.17) is 9.47 Å². The number of ether oxygens (including phenoxy) is 2. The molecule has 1 saturated heterocycles. The number of anilines is 1. The van der Waals surface area contributed by atoms with E-state index in [0.717, 1.165) is 43.4 Å². The predicted octanol–water partition coefficient (Wildman–Crippen LogP) is 9.33. The number of halogens is 3. The van der Waals surface area contributed by atoms with Crippen molar-refractivity contribution in [2.45, 2.75) is 104 Å². The Hall–Kier alpha value is -3.85. The molecular formula is C40H51F3N2O4. The van der Waals surface area contributed by atoms with Crippen LogP contribution >= 0.6 is 0 Å². The minimum Gasteiger partial charge on any atom is -0.494 e. The average Bonchev–Trinajstić information content (AvgIpc) is 3.33. The molecule has 266 valence electrons. The van der Waals surface area contributed by atoms with Gasteiger partial charge in [0.15, 0.2) is 0 Å². The molecule has 49 heavy (non-hydrogen) atoms. The molecule has 2 heterocycles. The van der Waals surface area contributed by atoms with E-state index in [-0.39, 0.29) is 29.3 Å². The highest BCUT2D eigenvalue weighted by Gasteiger charge is 2.33. The van der Waals surface area contributed by atoms with Crippen molar-refractivity contribution in [2.24, 2.45) is 5.41 Å². The Morgan fingerprint density at radius 2 is 1.67 bits per heavy atom. The largest absolute Gasteiger partial charge is 0.494 e. The number of hydrogen-bond acceptors (Lipinski definition) is 5. The van der Waals surface area contributed by atoms with Crippen LogP contribution in [0.15, 0.2) is 95.5 Å². The number of ketones is 1. The van der Waals surface area contributed by atoms with Crippen molar-refractivity contribution in [2.75, 3.05) is 25.0 Å². The number of aryl methyl sites for hydroxylation is 1. The molecule has 0 bridgehead atoms. The van der Waals surface area contributed by atoms with Crippen LogP contribution in [-0.4, -0.2) is 54.6 Å². The van der Waals surface area contributed by atoms with E-state index in [2.05, 4.69) is 51.7 Å². The summed E-state index contributed by atoms with van der Waals surface area (Å²) in [6, 6.07) is 7.63. The Morgan fingerprint density at radius 3 is 2.33 bits per heavy atom. The maximum absolute atomic E-state index is 13.1. The van der Waals surface area contributed by atoms with Crippen LogP contribution in [0.25, 0.3) is 0 Å². The minimum atomic E-state index is -4.20. The van der Waals surface area contributed by atoms with Gasteiger partial charge in [-0.05, 0) is 98.6 Å². The van der Waals surface area contributed by atoms with Gasteiger partial charge < -0.3 is 14.8 Å². The van der Waals surface area contributed by atoms with Crippen LogP contribution in [0.4, 0.5) is 18.9 Å². The summed E-state index contributed by atoms with van der Waals surface area (Å²) < 4.78 is 50.2. The van der Waals surface area contributed by atoms with Crippen molar-refractivity contribution in [3.63, 3.8) is 0 Å². The van der Waals surface area contributed by atoms with E-state index in [9.17, 15) is 22.8 Å². The van der Waals surface area contributed by atoms with E-state index in [0.29, 0.717) is 61.4 Å². The zero-order valence-electron chi connectivity index (χ0n) is 29.3. The van der Waals surface area contributed by atoms with Crippen LogP contribution in [0.2, 0.25) is 0 Å². The highest BCUT2D eigenvalue weighted by atomic mass is 19.4.